The van der Waals surface area contributed by atoms with E-state index in [4.69, 9.17) is 4.74 Å². The minimum atomic E-state index is -3.12. The standard InChI is InChI=1S/C16H28N4O3S.HI/c1-4-24(21,22)19-12-8-11-18-16(17-2)20(3)13-14-23-15-9-6-5-7-10-15;/h5-7,9-10,19H,4,8,11-14H2,1-3H3,(H,17,18);1H. The SMILES string of the molecule is CCS(=O)(=O)NCCCNC(=NC)N(C)CCOc1ccccc1.I. The van der Waals surface area contributed by atoms with E-state index in [0.29, 0.717) is 32.7 Å². The van der Waals surface area contributed by atoms with Crippen molar-refractivity contribution in [2.24, 2.45) is 4.99 Å². The van der Waals surface area contributed by atoms with E-state index in [9.17, 15) is 8.42 Å². The highest BCUT2D eigenvalue weighted by atomic mass is 127. The van der Waals surface area contributed by atoms with Crippen molar-refractivity contribution >= 4 is 40.0 Å². The number of nitrogens with zero attached hydrogens (tertiary/aromatic N) is 2. The number of hydrogen-bond acceptors (Lipinski definition) is 4. The Bertz CT molecular complexity index is 597. The number of ether oxygens (including phenoxy) is 1. The van der Waals surface area contributed by atoms with Crippen LogP contribution in [-0.2, 0) is 10.0 Å². The summed E-state index contributed by atoms with van der Waals surface area (Å²) in [5.74, 6) is 1.70. The maximum atomic E-state index is 11.3. The molecule has 0 amide bonds. The molecule has 1 aromatic carbocycles. The molecule has 2 N–H and O–H groups in total. The van der Waals surface area contributed by atoms with Gasteiger partial charge in [-0.25, -0.2) is 13.1 Å². The van der Waals surface area contributed by atoms with E-state index in [0.717, 1.165) is 11.7 Å². The van der Waals surface area contributed by atoms with Crippen molar-refractivity contribution in [1.29, 1.82) is 0 Å². The Labute approximate surface area is 168 Å². The highest BCUT2D eigenvalue weighted by molar-refractivity contribution is 14.0. The maximum Gasteiger partial charge on any atom is 0.211 e. The Hall–Kier alpha value is -1.07. The molecule has 0 aliphatic heterocycles. The molecule has 0 fully saturated rings. The molecule has 0 unspecified atom stereocenters. The Morgan fingerprint density at radius 3 is 2.52 bits per heavy atom. The molecule has 1 aromatic rings. The molecule has 1 rings (SSSR count). The molecule has 0 aliphatic rings. The second-order valence-corrected chi connectivity index (χ2v) is 7.30. The lowest BCUT2D eigenvalue weighted by Gasteiger charge is -2.22. The van der Waals surface area contributed by atoms with Gasteiger partial charge in [-0.1, -0.05) is 18.2 Å². The predicted molar refractivity (Wildman–Crippen MR) is 113 cm³/mol. The molecule has 0 aliphatic carbocycles. The number of likely N-dealkylation sites (N-methyl/N-ethyl adjacent to an activating group) is 1. The van der Waals surface area contributed by atoms with Gasteiger partial charge in [-0.2, -0.15) is 0 Å². The largest absolute Gasteiger partial charge is 0.492 e. The summed E-state index contributed by atoms with van der Waals surface area (Å²) in [4.78, 5) is 6.18. The molecule has 0 atom stereocenters. The molecule has 7 nitrogen and oxygen atoms in total. The summed E-state index contributed by atoms with van der Waals surface area (Å²) in [5, 5.41) is 3.21. The van der Waals surface area contributed by atoms with Crippen LogP contribution in [0.15, 0.2) is 35.3 Å². The van der Waals surface area contributed by atoms with Crippen LogP contribution >= 0.6 is 24.0 Å². The minimum Gasteiger partial charge on any atom is -0.492 e. The Morgan fingerprint density at radius 2 is 1.92 bits per heavy atom. The predicted octanol–water partition coefficient (Wildman–Crippen LogP) is 1.52. The van der Waals surface area contributed by atoms with Crippen molar-refractivity contribution < 1.29 is 13.2 Å². The van der Waals surface area contributed by atoms with Crippen LogP contribution in [0.25, 0.3) is 0 Å². The number of para-hydroxylation sites is 1. The first-order chi connectivity index (χ1) is 11.5. The number of halogens is 1. The molecular formula is C16H29IN4O3S. The molecule has 0 heterocycles. The van der Waals surface area contributed by atoms with Crippen LogP contribution in [0.1, 0.15) is 13.3 Å². The highest BCUT2D eigenvalue weighted by Crippen LogP contribution is 2.07. The molecule has 0 radical (unpaired) electrons. The maximum absolute atomic E-state index is 11.3. The van der Waals surface area contributed by atoms with E-state index in [1.807, 2.05) is 42.3 Å². The topological polar surface area (TPSA) is 83.0 Å². The van der Waals surface area contributed by atoms with Crippen molar-refractivity contribution in [1.82, 2.24) is 14.9 Å². The van der Waals surface area contributed by atoms with Crippen molar-refractivity contribution in [3.63, 3.8) is 0 Å². The van der Waals surface area contributed by atoms with Crippen molar-refractivity contribution in [2.75, 3.05) is 46.1 Å². The average molecular weight is 484 g/mol. The molecular weight excluding hydrogens is 455 g/mol. The number of rotatable bonds is 10. The van der Waals surface area contributed by atoms with Gasteiger partial charge >= 0.3 is 0 Å². The molecule has 0 aromatic heterocycles. The van der Waals surface area contributed by atoms with Crippen LogP contribution in [0.4, 0.5) is 0 Å². The van der Waals surface area contributed by atoms with Gasteiger partial charge in [0.2, 0.25) is 10.0 Å². The van der Waals surface area contributed by atoms with Crippen LogP contribution in [0.3, 0.4) is 0 Å². The first kappa shape index (κ1) is 23.9. The van der Waals surface area contributed by atoms with Crippen LogP contribution in [0.5, 0.6) is 5.75 Å². The van der Waals surface area contributed by atoms with Crippen molar-refractivity contribution in [3.05, 3.63) is 30.3 Å². The average Bonchev–Trinajstić information content (AvgIpc) is 2.59. The number of nitrogens with one attached hydrogen (secondary N) is 2. The molecule has 144 valence electrons. The smallest absolute Gasteiger partial charge is 0.211 e. The first-order valence-electron chi connectivity index (χ1n) is 8.05. The first-order valence-corrected chi connectivity index (χ1v) is 9.70. The van der Waals surface area contributed by atoms with Gasteiger partial charge in [0.25, 0.3) is 0 Å². The summed E-state index contributed by atoms with van der Waals surface area (Å²) in [6, 6.07) is 9.67. The summed E-state index contributed by atoms with van der Waals surface area (Å²) in [7, 11) is 0.537. The fourth-order valence-corrected chi connectivity index (χ4v) is 2.59. The van der Waals surface area contributed by atoms with Crippen LogP contribution < -0.4 is 14.8 Å². The zero-order chi connectivity index (χ0) is 17.8. The molecule has 9 heteroatoms. The van der Waals surface area contributed by atoms with Gasteiger partial charge in [0, 0.05) is 27.2 Å². The van der Waals surface area contributed by atoms with Gasteiger partial charge in [-0.05, 0) is 25.5 Å². The van der Waals surface area contributed by atoms with E-state index in [2.05, 4.69) is 15.0 Å². The number of hydrogen-bond donors (Lipinski definition) is 2. The van der Waals surface area contributed by atoms with Gasteiger partial charge in [0.15, 0.2) is 5.96 Å². The second-order valence-electron chi connectivity index (χ2n) is 5.21. The van der Waals surface area contributed by atoms with E-state index >= 15 is 0 Å². The molecule has 0 saturated heterocycles. The molecule has 25 heavy (non-hydrogen) atoms. The van der Waals surface area contributed by atoms with Gasteiger partial charge in [-0.15, -0.1) is 24.0 Å². The Morgan fingerprint density at radius 1 is 1.24 bits per heavy atom. The lowest BCUT2D eigenvalue weighted by atomic mass is 10.3. The number of benzene rings is 1. The molecule has 0 bridgehead atoms. The van der Waals surface area contributed by atoms with E-state index in [-0.39, 0.29) is 29.7 Å². The number of sulfonamides is 1. The number of aliphatic imine (C=N–C) groups is 1. The Kier molecular flexibility index (Phi) is 12.6. The normalized spacial score (nSPS) is 11.6. The summed E-state index contributed by atoms with van der Waals surface area (Å²) in [6.07, 6.45) is 0.687. The van der Waals surface area contributed by atoms with Gasteiger partial charge in [0.1, 0.15) is 12.4 Å². The van der Waals surface area contributed by atoms with Gasteiger partial charge in [-0.3, -0.25) is 4.99 Å². The third-order valence-corrected chi connectivity index (χ3v) is 4.75. The quantitative estimate of drug-likeness (QED) is 0.228. The van der Waals surface area contributed by atoms with Crippen molar-refractivity contribution in [3.8, 4) is 5.75 Å². The van der Waals surface area contributed by atoms with Crippen LogP contribution in [0.2, 0.25) is 0 Å². The van der Waals surface area contributed by atoms with E-state index in [1.54, 1.807) is 14.0 Å². The summed E-state index contributed by atoms with van der Waals surface area (Å²) in [6.45, 7) is 3.92. The fourth-order valence-electron chi connectivity index (χ4n) is 1.93. The lowest BCUT2D eigenvalue weighted by molar-refractivity contribution is 0.281. The third kappa shape index (κ3) is 10.5. The summed E-state index contributed by atoms with van der Waals surface area (Å²) in [5.41, 5.74) is 0. The summed E-state index contributed by atoms with van der Waals surface area (Å²) >= 11 is 0. The van der Waals surface area contributed by atoms with Gasteiger partial charge < -0.3 is 15.0 Å². The van der Waals surface area contributed by atoms with Crippen LogP contribution in [0, 0.1) is 0 Å². The molecule has 0 saturated carbocycles. The Balaban J connectivity index is 0.00000576. The number of guanidine groups is 1. The van der Waals surface area contributed by atoms with Crippen LogP contribution in [-0.4, -0.2) is 65.4 Å². The molecule has 0 spiro atoms. The zero-order valence-corrected chi connectivity index (χ0v) is 18.2. The fraction of sp³-hybridized carbons (Fsp3) is 0.562. The summed E-state index contributed by atoms with van der Waals surface area (Å²) < 4.78 is 30.8. The second kappa shape index (κ2) is 13.2. The van der Waals surface area contributed by atoms with Gasteiger partial charge in [0.05, 0.1) is 12.3 Å². The monoisotopic (exact) mass is 484 g/mol. The zero-order valence-electron chi connectivity index (χ0n) is 15.1. The highest BCUT2D eigenvalue weighted by Gasteiger charge is 2.07. The van der Waals surface area contributed by atoms with E-state index in [1.165, 1.54) is 0 Å². The third-order valence-electron chi connectivity index (χ3n) is 3.35. The van der Waals surface area contributed by atoms with E-state index < -0.39 is 10.0 Å². The van der Waals surface area contributed by atoms with Crippen molar-refractivity contribution in [2.45, 2.75) is 13.3 Å². The minimum absolute atomic E-state index is 0. The lowest BCUT2D eigenvalue weighted by Crippen LogP contribution is -2.41.